The highest BCUT2D eigenvalue weighted by Crippen LogP contribution is 2.38. The van der Waals surface area contributed by atoms with E-state index in [0.717, 1.165) is 128 Å². The molecule has 478 valence electrons. The number of quaternary nitrogens is 1. The van der Waals surface area contributed by atoms with Crippen LogP contribution in [0.3, 0.4) is 0 Å². The molecule has 0 radical (unpaired) electrons. The number of unbranched alkanes of at least 4 members (excludes halogenated alkanes) is 29. The van der Waals surface area contributed by atoms with Crippen molar-refractivity contribution in [1.82, 2.24) is 5.32 Å². The quantitative estimate of drug-likeness (QED) is 0.0212. The molecule has 0 aliphatic rings. The third-order valence-corrected chi connectivity index (χ3v) is 15.7. The van der Waals surface area contributed by atoms with Crippen molar-refractivity contribution in [2.45, 2.75) is 303 Å². The number of hydrogen-bond donors (Lipinski definition) is 1. The van der Waals surface area contributed by atoms with E-state index in [0.29, 0.717) is 23.9 Å². The molecule has 0 heterocycles. The van der Waals surface area contributed by atoms with Crippen LogP contribution in [0, 0.1) is 0 Å². The molecule has 1 N–H and O–H groups in total. The van der Waals surface area contributed by atoms with E-state index in [1.54, 1.807) is 0 Å². The number of hydrogen-bond acceptors (Lipinski definition) is 7. The molecule has 0 aliphatic carbocycles. The minimum atomic E-state index is -4.71. The first-order valence-electron chi connectivity index (χ1n) is 34.2. The highest BCUT2D eigenvalue weighted by atomic mass is 31.2. The molecule has 3 atom stereocenters. The smallest absolute Gasteiger partial charge is 0.306 e. The molecular formula is C73H129N2O7P. The molecule has 0 aromatic rings. The van der Waals surface area contributed by atoms with Crippen LogP contribution in [0.25, 0.3) is 0 Å². The molecule has 10 heteroatoms. The van der Waals surface area contributed by atoms with Crippen LogP contribution in [0.4, 0.5) is 0 Å². The zero-order valence-corrected chi connectivity index (χ0v) is 55.5. The molecule has 0 fully saturated rings. The van der Waals surface area contributed by atoms with Crippen LogP contribution in [0.1, 0.15) is 290 Å². The van der Waals surface area contributed by atoms with Gasteiger partial charge >= 0.3 is 5.97 Å². The highest BCUT2D eigenvalue weighted by molar-refractivity contribution is 7.45. The van der Waals surface area contributed by atoms with Crippen molar-refractivity contribution < 1.29 is 37.3 Å². The Labute approximate surface area is 512 Å². The zero-order chi connectivity index (χ0) is 60.7. The molecule has 0 aliphatic heterocycles. The number of phosphoric acid groups is 1. The SMILES string of the molecule is CC/C=C\C/C=C\C/C=C\C/C=C\C/C=C\C/C=C\CCCCCCCCC(=O)OC(/C=C/CCCCCCCCCCC)C(COP(=O)([O-])OCC[N+](C)(C)C)NC(=O)CCCCCCCCCCCCC/C=C\C/C=C\CCCCC. The predicted octanol–water partition coefficient (Wildman–Crippen LogP) is 21.0. The van der Waals surface area contributed by atoms with Crippen LogP contribution in [0.2, 0.25) is 0 Å². The molecule has 9 nitrogen and oxygen atoms in total. The Morgan fingerprint density at radius 3 is 1.18 bits per heavy atom. The first-order chi connectivity index (χ1) is 40.4. The fourth-order valence-electron chi connectivity index (χ4n) is 9.44. The number of ether oxygens (including phenoxy) is 1. The lowest BCUT2D eigenvalue weighted by atomic mass is 10.0. The van der Waals surface area contributed by atoms with Gasteiger partial charge in [-0.05, 0) is 115 Å². The van der Waals surface area contributed by atoms with Crippen molar-refractivity contribution in [3.8, 4) is 0 Å². The van der Waals surface area contributed by atoms with Gasteiger partial charge in [-0.15, -0.1) is 0 Å². The maximum atomic E-state index is 13.6. The number of allylic oxidation sites excluding steroid dienone is 17. The second-order valence-corrected chi connectivity index (χ2v) is 25.4. The number of carbonyl (C=O) groups excluding carboxylic acids is 2. The van der Waals surface area contributed by atoms with Crippen LogP contribution < -0.4 is 10.2 Å². The Kier molecular flexibility index (Phi) is 59.3. The largest absolute Gasteiger partial charge is 0.756 e. The number of amides is 1. The van der Waals surface area contributed by atoms with Crippen molar-refractivity contribution in [1.29, 1.82) is 0 Å². The Hall–Kier alpha value is -3.33. The van der Waals surface area contributed by atoms with E-state index in [1.807, 2.05) is 33.3 Å². The number of carbonyl (C=O) groups is 2. The summed E-state index contributed by atoms with van der Waals surface area (Å²) in [5.41, 5.74) is 0. The Balaban J connectivity index is 5.13. The van der Waals surface area contributed by atoms with Gasteiger partial charge in [0.15, 0.2) is 0 Å². The summed E-state index contributed by atoms with van der Waals surface area (Å²) in [7, 11) is 1.16. The standard InChI is InChI=1S/C73H129N2O7P/c1-7-10-13-16-19-22-25-27-29-31-33-35-36-37-38-40-42-44-46-48-51-54-57-60-63-66-73(77)82-71(64-61-58-55-52-49-24-21-18-15-12-9-3)70(69-81-83(78,79)80-68-67-75(4,5)6)74-72(76)65-62-59-56-53-50-47-45-43-41-39-34-32-30-28-26-23-20-17-14-11-8-2/h10,13,19-20,22-23,27-30,33,35,37-38,42,44,61,64,70-71H,7-9,11-12,14-18,21,24-26,31-32,34,36,39-41,43,45-60,62-63,65-69H2,1-6H3,(H-,74,76,78,79)/b13-10-,22-19-,23-20-,29-27-,30-28-,35-33-,38-37-,44-42-,64-61+. The van der Waals surface area contributed by atoms with Gasteiger partial charge in [0.1, 0.15) is 19.3 Å². The van der Waals surface area contributed by atoms with E-state index in [4.69, 9.17) is 13.8 Å². The Morgan fingerprint density at radius 1 is 0.434 bits per heavy atom. The number of nitrogens with one attached hydrogen (secondary N) is 1. The summed E-state index contributed by atoms with van der Waals surface area (Å²) in [6, 6.07) is -0.903. The lowest BCUT2D eigenvalue weighted by Crippen LogP contribution is -2.47. The van der Waals surface area contributed by atoms with E-state index in [1.165, 1.54) is 122 Å². The summed E-state index contributed by atoms with van der Waals surface area (Å²) in [5, 5.41) is 3.03. The van der Waals surface area contributed by atoms with Gasteiger partial charge in [0.05, 0.1) is 33.8 Å². The van der Waals surface area contributed by atoms with Crippen LogP contribution in [-0.2, 0) is 27.9 Å². The maximum Gasteiger partial charge on any atom is 0.306 e. The molecular weight excluding hydrogens is 1050 g/mol. The fraction of sp³-hybridized carbons (Fsp3) is 0.726. The molecule has 1 amide bonds. The normalized spacial score (nSPS) is 14.3. The van der Waals surface area contributed by atoms with Gasteiger partial charge < -0.3 is 28.5 Å². The lowest BCUT2D eigenvalue weighted by Gasteiger charge is -2.30. The number of esters is 1. The first-order valence-corrected chi connectivity index (χ1v) is 35.7. The third kappa shape index (κ3) is 63.0. The molecule has 0 saturated heterocycles. The molecule has 0 aromatic heterocycles. The van der Waals surface area contributed by atoms with E-state index >= 15 is 0 Å². The van der Waals surface area contributed by atoms with Crippen molar-refractivity contribution in [2.24, 2.45) is 0 Å². The molecule has 0 spiro atoms. The fourth-order valence-corrected chi connectivity index (χ4v) is 10.2. The maximum absolute atomic E-state index is 13.6. The van der Waals surface area contributed by atoms with Gasteiger partial charge in [-0.2, -0.15) is 0 Å². The topological polar surface area (TPSA) is 114 Å². The minimum absolute atomic E-state index is 0.0300. The summed E-state index contributed by atoms with van der Waals surface area (Å²) in [5.74, 6) is -0.562. The summed E-state index contributed by atoms with van der Waals surface area (Å²) >= 11 is 0. The van der Waals surface area contributed by atoms with Gasteiger partial charge in [-0.25, -0.2) is 0 Å². The monoisotopic (exact) mass is 1180 g/mol. The van der Waals surface area contributed by atoms with E-state index in [-0.39, 0.29) is 24.9 Å². The molecule has 0 saturated carbocycles. The summed E-state index contributed by atoms with van der Waals surface area (Å²) in [4.78, 5) is 40.1. The van der Waals surface area contributed by atoms with Crippen molar-refractivity contribution in [3.63, 3.8) is 0 Å². The zero-order valence-electron chi connectivity index (χ0n) is 54.6. The first kappa shape index (κ1) is 79.7. The molecule has 0 aromatic carbocycles. The third-order valence-electron chi connectivity index (χ3n) is 14.7. The summed E-state index contributed by atoms with van der Waals surface area (Å²) < 4.78 is 30.4. The minimum Gasteiger partial charge on any atom is -0.756 e. The average Bonchev–Trinajstić information content (AvgIpc) is 3.51. The lowest BCUT2D eigenvalue weighted by molar-refractivity contribution is -0.870. The van der Waals surface area contributed by atoms with E-state index < -0.39 is 26.6 Å². The Bertz CT molecular complexity index is 1790. The number of likely N-dealkylation sites (N-methyl/N-ethyl adjacent to an activating group) is 1. The molecule has 83 heavy (non-hydrogen) atoms. The summed E-state index contributed by atoms with van der Waals surface area (Å²) in [6.45, 7) is 6.70. The van der Waals surface area contributed by atoms with Crippen molar-refractivity contribution in [3.05, 3.63) is 109 Å². The van der Waals surface area contributed by atoms with Gasteiger partial charge in [0.25, 0.3) is 7.82 Å². The van der Waals surface area contributed by atoms with Crippen molar-refractivity contribution in [2.75, 3.05) is 40.9 Å². The molecule has 3 unspecified atom stereocenters. The van der Waals surface area contributed by atoms with Gasteiger partial charge in [0.2, 0.25) is 5.91 Å². The number of phosphoric ester groups is 1. The van der Waals surface area contributed by atoms with Gasteiger partial charge in [0, 0.05) is 12.8 Å². The van der Waals surface area contributed by atoms with Crippen LogP contribution in [0.15, 0.2) is 109 Å². The highest BCUT2D eigenvalue weighted by Gasteiger charge is 2.27. The second kappa shape index (κ2) is 61.7. The number of nitrogens with zero attached hydrogens (tertiary/aromatic N) is 1. The van der Waals surface area contributed by atoms with Crippen molar-refractivity contribution >= 4 is 19.7 Å². The average molecular weight is 1180 g/mol. The summed E-state index contributed by atoms with van der Waals surface area (Å²) in [6.07, 6.45) is 84.9. The van der Waals surface area contributed by atoms with Gasteiger partial charge in [-0.1, -0.05) is 272 Å². The van der Waals surface area contributed by atoms with Gasteiger partial charge in [-0.3, -0.25) is 14.2 Å². The number of rotatable bonds is 61. The predicted molar refractivity (Wildman–Crippen MR) is 357 cm³/mol. The second-order valence-electron chi connectivity index (χ2n) is 23.9. The van der Waals surface area contributed by atoms with Crippen LogP contribution in [-0.4, -0.2) is 69.4 Å². The molecule has 0 bridgehead atoms. The van der Waals surface area contributed by atoms with Crippen LogP contribution in [0.5, 0.6) is 0 Å². The van der Waals surface area contributed by atoms with E-state index in [9.17, 15) is 19.0 Å². The van der Waals surface area contributed by atoms with E-state index in [2.05, 4.69) is 123 Å². The van der Waals surface area contributed by atoms with Crippen LogP contribution >= 0.6 is 7.82 Å². The molecule has 0 rings (SSSR count). The Morgan fingerprint density at radius 2 is 0.771 bits per heavy atom.